The van der Waals surface area contributed by atoms with Gasteiger partial charge in [0.2, 0.25) is 0 Å². The number of ether oxygens (including phenoxy) is 2. The van der Waals surface area contributed by atoms with Crippen molar-refractivity contribution in [1.29, 1.82) is 0 Å². The lowest BCUT2D eigenvalue weighted by molar-refractivity contribution is -0.139. The topological polar surface area (TPSA) is 52.6 Å². The predicted molar refractivity (Wildman–Crippen MR) is 124 cm³/mol. The Bertz CT molecular complexity index is 857. The van der Waals surface area contributed by atoms with E-state index in [4.69, 9.17) is 9.47 Å². The zero-order valence-corrected chi connectivity index (χ0v) is 19.0. The van der Waals surface area contributed by atoms with Crippen molar-refractivity contribution in [2.75, 3.05) is 13.2 Å². The van der Waals surface area contributed by atoms with E-state index in [0.29, 0.717) is 37.2 Å². The lowest BCUT2D eigenvalue weighted by atomic mass is 9.77. The summed E-state index contributed by atoms with van der Waals surface area (Å²) in [7, 11) is 0. The second-order valence-electron chi connectivity index (χ2n) is 8.35. The van der Waals surface area contributed by atoms with Crippen molar-refractivity contribution >= 4 is 11.9 Å². The largest absolute Gasteiger partial charge is 0.462 e. The first-order chi connectivity index (χ1) is 14.6. The van der Waals surface area contributed by atoms with E-state index < -0.39 is 0 Å². The molecule has 0 fully saturated rings. The molecule has 0 N–H and O–H groups in total. The zero-order chi connectivity index (χ0) is 23.0. The van der Waals surface area contributed by atoms with Crippen LogP contribution in [-0.2, 0) is 37.3 Å². The fourth-order valence-corrected chi connectivity index (χ4v) is 3.11. The predicted octanol–water partition coefficient (Wildman–Crippen LogP) is 5.34. The molecule has 0 radical (unpaired) electrons. The highest BCUT2D eigenvalue weighted by Gasteiger charge is 2.23. The third-order valence-electron chi connectivity index (χ3n) is 5.30. The minimum absolute atomic E-state index is 0.157. The smallest absolute Gasteiger partial charge is 0.333 e. The van der Waals surface area contributed by atoms with Gasteiger partial charge >= 0.3 is 11.9 Å². The van der Waals surface area contributed by atoms with Crippen molar-refractivity contribution in [3.63, 3.8) is 0 Å². The number of rotatable bonds is 10. The minimum atomic E-state index is -0.352. The molecule has 0 atom stereocenters. The summed E-state index contributed by atoms with van der Waals surface area (Å²) < 4.78 is 10.3. The van der Waals surface area contributed by atoms with Crippen molar-refractivity contribution in [1.82, 2.24) is 0 Å². The molecule has 0 heterocycles. The molecule has 2 rings (SSSR count). The van der Waals surface area contributed by atoms with E-state index in [1.165, 1.54) is 11.1 Å². The first-order valence-electron chi connectivity index (χ1n) is 10.5. The van der Waals surface area contributed by atoms with Gasteiger partial charge in [-0.15, -0.1) is 0 Å². The quantitative estimate of drug-likeness (QED) is 0.385. The molecule has 0 spiro atoms. The number of benzene rings is 2. The molecule has 0 aliphatic heterocycles. The average molecular weight is 421 g/mol. The molecule has 0 aliphatic rings. The summed E-state index contributed by atoms with van der Waals surface area (Å²) in [6.45, 7) is 15.5. The van der Waals surface area contributed by atoms with Crippen molar-refractivity contribution in [3.05, 3.63) is 95.1 Å². The van der Waals surface area contributed by atoms with E-state index in [1.807, 2.05) is 0 Å². The normalized spacial score (nSPS) is 11.0. The molecule has 0 unspecified atom stereocenters. The maximum atomic E-state index is 11.5. The van der Waals surface area contributed by atoms with Gasteiger partial charge in [-0.05, 0) is 36.1 Å². The Morgan fingerprint density at radius 1 is 0.710 bits per heavy atom. The highest BCUT2D eigenvalue weighted by Crippen LogP contribution is 2.31. The van der Waals surface area contributed by atoms with E-state index in [1.54, 1.807) is 13.8 Å². The monoisotopic (exact) mass is 420 g/mol. The second kappa shape index (κ2) is 10.8. The van der Waals surface area contributed by atoms with Gasteiger partial charge in [0.15, 0.2) is 0 Å². The van der Waals surface area contributed by atoms with Gasteiger partial charge in [-0.25, -0.2) is 9.59 Å². The SMILES string of the molecule is C=C(C)C(=O)OCCc1ccc(C(C)(C)c2ccc(CCOC(=O)C(=C)C)cc2)cc1. The fourth-order valence-electron chi connectivity index (χ4n) is 3.11. The van der Waals surface area contributed by atoms with Gasteiger partial charge in [0.1, 0.15) is 0 Å². The fraction of sp³-hybridized carbons (Fsp3) is 0.333. The molecule has 0 saturated carbocycles. The Morgan fingerprint density at radius 3 is 1.32 bits per heavy atom. The molecule has 4 heteroatoms. The van der Waals surface area contributed by atoms with Crippen LogP contribution in [-0.4, -0.2) is 25.2 Å². The zero-order valence-electron chi connectivity index (χ0n) is 19.0. The molecular formula is C27H32O4. The molecule has 4 nitrogen and oxygen atoms in total. The van der Waals surface area contributed by atoms with Gasteiger partial charge in [0.05, 0.1) is 13.2 Å². The van der Waals surface area contributed by atoms with Gasteiger partial charge in [0, 0.05) is 29.4 Å². The Balaban J connectivity index is 1.96. The Kier molecular flexibility index (Phi) is 8.38. The highest BCUT2D eigenvalue weighted by atomic mass is 16.5. The molecule has 0 amide bonds. The Labute approximate surface area is 185 Å². The lowest BCUT2D eigenvalue weighted by Gasteiger charge is -2.26. The number of hydrogen-bond acceptors (Lipinski definition) is 4. The van der Waals surface area contributed by atoms with Crippen LogP contribution in [0.25, 0.3) is 0 Å². The Hall–Kier alpha value is -3.14. The second-order valence-corrected chi connectivity index (χ2v) is 8.35. The number of carbonyl (C=O) groups excluding carboxylic acids is 2. The maximum absolute atomic E-state index is 11.5. The van der Waals surface area contributed by atoms with Crippen LogP contribution in [0.15, 0.2) is 72.8 Å². The summed E-state index contributed by atoms with van der Waals surface area (Å²) in [5, 5.41) is 0. The maximum Gasteiger partial charge on any atom is 0.333 e. The van der Waals surface area contributed by atoms with Crippen LogP contribution in [0, 0.1) is 0 Å². The number of hydrogen-bond donors (Lipinski definition) is 0. The van der Waals surface area contributed by atoms with Crippen LogP contribution in [0.2, 0.25) is 0 Å². The van der Waals surface area contributed by atoms with Gasteiger partial charge in [-0.3, -0.25) is 0 Å². The summed E-state index contributed by atoms with van der Waals surface area (Å²) in [6, 6.07) is 16.8. The number of esters is 2. The summed E-state index contributed by atoms with van der Waals surface area (Å²) in [4.78, 5) is 22.9. The molecule has 0 aliphatic carbocycles. The summed E-state index contributed by atoms with van der Waals surface area (Å²) in [5.74, 6) is -0.703. The molecule has 2 aromatic carbocycles. The lowest BCUT2D eigenvalue weighted by Crippen LogP contribution is -2.19. The van der Waals surface area contributed by atoms with E-state index in [2.05, 4.69) is 75.5 Å². The van der Waals surface area contributed by atoms with Crippen molar-refractivity contribution in [2.45, 2.75) is 46.0 Å². The third kappa shape index (κ3) is 6.95. The van der Waals surface area contributed by atoms with Crippen molar-refractivity contribution in [2.24, 2.45) is 0 Å². The first kappa shape index (κ1) is 24.1. The van der Waals surface area contributed by atoms with Gasteiger partial charge in [-0.2, -0.15) is 0 Å². The Morgan fingerprint density at radius 2 is 1.03 bits per heavy atom. The summed E-state index contributed by atoms with van der Waals surface area (Å²) in [5.41, 5.74) is 5.32. The van der Waals surface area contributed by atoms with Crippen LogP contribution in [0.1, 0.15) is 49.9 Å². The molecule has 164 valence electrons. The highest BCUT2D eigenvalue weighted by molar-refractivity contribution is 5.87. The average Bonchev–Trinajstić information content (AvgIpc) is 2.74. The minimum Gasteiger partial charge on any atom is -0.462 e. The summed E-state index contributed by atoms with van der Waals surface area (Å²) in [6.07, 6.45) is 1.34. The van der Waals surface area contributed by atoms with Crippen molar-refractivity contribution in [3.8, 4) is 0 Å². The summed E-state index contributed by atoms with van der Waals surface area (Å²) >= 11 is 0. The van der Waals surface area contributed by atoms with Gasteiger partial charge < -0.3 is 9.47 Å². The van der Waals surface area contributed by atoms with E-state index in [9.17, 15) is 9.59 Å². The van der Waals surface area contributed by atoms with Crippen LogP contribution in [0.5, 0.6) is 0 Å². The molecule has 0 saturated heterocycles. The number of carbonyl (C=O) groups is 2. The third-order valence-corrected chi connectivity index (χ3v) is 5.30. The van der Waals surface area contributed by atoms with Gasteiger partial charge in [-0.1, -0.05) is 75.5 Å². The van der Waals surface area contributed by atoms with Crippen LogP contribution < -0.4 is 0 Å². The molecule has 2 aromatic rings. The molecular weight excluding hydrogens is 388 g/mol. The molecule has 31 heavy (non-hydrogen) atoms. The van der Waals surface area contributed by atoms with E-state index in [-0.39, 0.29) is 17.4 Å². The molecule has 0 bridgehead atoms. The van der Waals surface area contributed by atoms with E-state index in [0.717, 1.165) is 11.1 Å². The van der Waals surface area contributed by atoms with Crippen LogP contribution >= 0.6 is 0 Å². The van der Waals surface area contributed by atoms with Crippen molar-refractivity contribution < 1.29 is 19.1 Å². The standard InChI is InChI=1S/C27H32O4/c1-19(2)25(28)30-17-15-21-7-11-23(12-8-21)27(5,6)24-13-9-22(10-14-24)16-18-31-26(29)20(3)4/h7-14H,1,3,15-18H2,2,4-6H3. The molecule has 0 aromatic heterocycles. The van der Waals surface area contributed by atoms with E-state index >= 15 is 0 Å². The first-order valence-corrected chi connectivity index (χ1v) is 10.5. The van der Waals surface area contributed by atoms with Gasteiger partial charge in [0.25, 0.3) is 0 Å². The van der Waals surface area contributed by atoms with Crippen LogP contribution in [0.4, 0.5) is 0 Å². The van der Waals surface area contributed by atoms with Crippen LogP contribution in [0.3, 0.4) is 0 Å².